The van der Waals surface area contributed by atoms with Crippen molar-refractivity contribution in [3.63, 3.8) is 0 Å². The first-order valence-electron chi connectivity index (χ1n) is 2.28. The number of nitrogens with two attached hydrogens (primary N) is 1. The molecule has 0 heterocycles. The van der Waals surface area contributed by atoms with Crippen LogP contribution in [0, 0.1) is 10.1 Å². The highest BCUT2D eigenvalue weighted by Crippen LogP contribution is 2.12. The minimum atomic E-state index is -0.486. The van der Waals surface area contributed by atoms with Crippen LogP contribution >= 0.6 is 11.9 Å². The predicted octanol–water partition coefficient (Wildman–Crippen LogP) is 1.12. The second-order valence-corrected chi connectivity index (χ2v) is 2.30. The van der Waals surface area contributed by atoms with Gasteiger partial charge in [-0.2, -0.15) is 0 Å². The van der Waals surface area contributed by atoms with E-state index < -0.39 is 4.92 Å². The van der Waals surface area contributed by atoms with Crippen molar-refractivity contribution in [2.24, 2.45) is 5.14 Å². The van der Waals surface area contributed by atoms with E-state index in [2.05, 4.69) is 0 Å². The zero-order chi connectivity index (χ0) is 7.44. The largest absolute Gasteiger partial charge is 0.316 e. The van der Waals surface area contributed by atoms with Gasteiger partial charge in [-0.15, -0.1) is 0 Å². The highest BCUT2D eigenvalue weighted by molar-refractivity contribution is 8.00. The Labute approximate surface area is 57.4 Å². The van der Waals surface area contributed by atoms with E-state index >= 15 is 0 Å². The lowest BCUT2D eigenvalue weighted by Crippen LogP contribution is -1.99. The van der Waals surface area contributed by atoms with Gasteiger partial charge in [-0.05, 0) is 13.8 Å². The predicted molar refractivity (Wildman–Crippen MR) is 37.1 cm³/mol. The fourth-order valence-electron chi connectivity index (χ4n) is 0.343. The molecule has 0 saturated carbocycles. The molecule has 0 fully saturated rings. The molecule has 0 rings (SSSR count). The van der Waals surface area contributed by atoms with Crippen LogP contribution in [0.4, 0.5) is 0 Å². The van der Waals surface area contributed by atoms with E-state index in [1.807, 2.05) is 0 Å². The van der Waals surface area contributed by atoms with Gasteiger partial charge >= 0.3 is 5.03 Å². The van der Waals surface area contributed by atoms with Crippen LogP contribution in [0.5, 0.6) is 0 Å². The number of rotatable bonds is 2. The quantitative estimate of drug-likeness (QED) is 0.362. The molecule has 0 unspecified atom stereocenters. The lowest BCUT2D eigenvalue weighted by atomic mass is 10.4. The number of hydrogen-bond acceptors (Lipinski definition) is 4. The lowest BCUT2D eigenvalue weighted by molar-refractivity contribution is -0.411. The third kappa shape index (κ3) is 2.48. The zero-order valence-electron chi connectivity index (χ0n) is 5.25. The molecule has 0 aliphatic rings. The Balaban J connectivity index is 4.35. The van der Waals surface area contributed by atoms with E-state index in [1.54, 1.807) is 13.8 Å². The second-order valence-electron chi connectivity index (χ2n) is 1.68. The minimum absolute atomic E-state index is 0.0231. The molecule has 0 spiro atoms. The molecule has 9 heavy (non-hydrogen) atoms. The van der Waals surface area contributed by atoms with Gasteiger partial charge in [0.1, 0.15) is 0 Å². The molecule has 0 atom stereocenters. The Bertz CT molecular complexity index is 151. The van der Waals surface area contributed by atoms with Crippen LogP contribution in [0.3, 0.4) is 0 Å². The van der Waals surface area contributed by atoms with Gasteiger partial charge < -0.3 is 0 Å². The molecule has 0 amide bonds. The van der Waals surface area contributed by atoms with Gasteiger partial charge in [0.15, 0.2) is 0 Å². The molecule has 0 saturated heterocycles. The van der Waals surface area contributed by atoms with E-state index in [1.165, 1.54) is 0 Å². The number of hydrogen-bond donors (Lipinski definition) is 1. The Morgan fingerprint density at radius 2 is 2.11 bits per heavy atom. The standard InChI is InChI=1S/C4H8N2O2S/c1-3(2)4(9-5)6(7)8/h5H2,1-2H3. The molecule has 0 aromatic heterocycles. The number of nitrogens with zero attached hydrogens (tertiary/aromatic N) is 1. The Hall–Kier alpha value is -0.550. The summed E-state index contributed by atoms with van der Waals surface area (Å²) in [4.78, 5) is 9.53. The van der Waals surface area contributed by atoms with Crippen LogP contribution < -0.4 is 5.14 Å². The summed E-state index contributed by atoms with van der Waals surface area (Å²) < 4.78 is 0. The average molecular weight is 148 g/mol. The Morgan fingerprint density at radius 3 is 2.11 bits per heavy atom. The molecule has 0 bridgehead atoms. The van der Waals surface area contributed by atoms with Crippen molar-refractivity contribution in [3.8, 4) is 0 Å². The van der Waals surface area contributed by atoms with Crippen molar-refractivity contribution < 1.29 is 4.92 Å². The Kier molecular flexibility index (Phi) is 3.26. The third-order valence-electron chi connectivity index (χ3n) is 0.705. The van der Waals surface area contributed by atoms with Crippen LogP contribution in [0.25, 0.3) is 0 Å². The van der Waals surface area contributed by atoms with Crippen molar-refractivity contribution in [1.29, 1.82) is 0 Å². The molecule has 0 radical (unpaired) electrons. The summed E-state index contributed by atoms with van der Waals surface area (Å²) in [5.74, 6) is 0. The first kappa shape index (κ1) is 8.45. The fraction of sp³-hybridized carbons (Fsp3) is 0.500. The van der Waals surface area contributed by atoms with Crippen molar-refractivity contribution >= 4 is 11.9 Å². The van der Waals surface area contributed by atoms with Gasteiger partial charge in [-0.25, -0.2) is 0 Å². The van der Waals surface area contributed by atoms with Gasteiger partial charge in [0.05, 0.1) is 4.92 Å². The highest BCUT2D eigenvalue weighted by Gasteiger charge is 2.09. The monoisotopic (exact) mass is 148 g/mol. The summed E-state index contributed by atoms with van der Waals surface area (Å²) in [6, 6.07) is 0. The van der Waals surface area contributed by atoms with Crippen molar-refractivity contribution in [2.75, 3.05) is 0 Å². The maximum Gasteiger partial charge on any atom is 0.316 e. The molecule has 0 aliphatic carbocycles. The first-order valence-corrected chi connectivity index (χ1v) is 3.16. The van der Waals surface area contributed by atoms with E-state index in [0.29, 0.717) is 17.5 Å². The molecule has 0 aliphatic heterocycles. The smallest absolute Gasteiger partial charge is 0.268 e. The zero-order valence-corrected chi connectivity index (χ0v) is 6.07. The molecule has 5 heteroatoms. The van der Waals surface area contributed by atoms with Gasteiger partial charge in [0.25, 0.3) is 0 Å². The van der Waals surface area contributed by atoms with Crippen LogP contribution in [0.15, 0.2) is 10.6 Å². The number of allylic oxidation sites excluding steroid dienone is 1. The van der Waals surface area contributed by atoms with Gasteiger partial charge in [0, 0.05) is 17.5 Å². The topological polar surface area (TPSA) is 69.2 Å². The molecule has 4 nitrogen and oxygen atoms in total. The van der Waals surface area contributed by atoms with E-state index in [-0.39, 0.29) is 5.03 Å². The van der Waals surface area contributed by atoms with Crippen LogP contribution in [-0.2, 0) is 0 Å². The van der Waals surface area contributed by atoms with Crippen LogP contribution in [-0.4, -0.2) is 4.92 Å². The second kappa shape index (κ2) is 3.47. The minimum Gasteiger partial charge on any atom is -0.268 e. The van der Waals surface area contributed by atoms with Crippen LogP contribution in [0.1, 0.15) is 13.8 Å². The maximum absolute atomic E-state index is 10.0. The first-order chi connectivity index (χ1) is 4.09. The summed E-state index contributed by atoms with van der Waals surface area (Å²) in [5.41, 5.74) is 0.632. The van der Waals surface area contributed by atoms with Crippen LogP contribution in [0.2, 0.25) is 0 Å². The van der Waals surface area contributed by atoms with E-state index in [0.717, 1.165) is 0 Å². The Morgan fingerprint density at radius 1 is 1.67 bits per heavy atom. The average Bonchev–Trinajstić information content (AvgIpc) is 1.64. The number of nitro groups is 1. The fourth-order valence-corrected chi connectivity index (χ4v) is 0.665. The van der Waals surface area contributed by atoms with Crippen molar-refractivity contribution in [3.05, 3.63) is 20.7 Å². The summed E-state index contributed by atoms with van der Waals surface area (Å²) in [7, 11) is 0. The molecule has 52 valence electrons. The SMILES string of the molecule is CC(C)=C(SN)[N+](=O)[O-]. The highest BCUT2D eigenvalue weighted by atomic mass is 32.2. The molecule has 2 N–H and O–H groups in total. The lowest BCUT2D eigenvalue weighted by Gasteiger charge is -1.92. The molecular formula is C4H8N2O2S. The molecular weight excluding hydrogens is 140 g/mol. The normalized spacial score (nSPS) is 8.78. The summed E-state index contributed by atoms with van der Waals surface area (Å²) in [5, 5.41) is 15.0. The maximum atomic E-state index is 10.0. The van der Waals surface area contributed by atoms with Gasteiger partial charge in [0.2, 0.25) is 0 Å². The summed E-state index contributed by atoms with van der Waals surface area (Å²) in [6.07, 6.45) is 0. The molecule has 0 aromatic carbocycles. The summed E-state index contributed by atoms with van der Waals surface area (Å²) in [6.45, 7) is 3.30. The molecule has 0 aromatic rings. The van der Waals surface area contributed by atoms with Crippen molar-refractivity contribution in [2.45, 2.75) is 13.8 Å². The van der Waals surface area contributed by atoms with Gasteiger partial charge in [-0.1, -0.05) is 0 Å². The summed E-state index contributed by atoms with van der Waals surface area (Å²) >= 11 is 0.667. The van der Waals surface area contributed by atoms with Gasteiger partial charge in [-0.3, -0.25) is 15.3 Å². The third-order valence-corrected chi connectivity index (χ3v) is 1.49. The van der Waals surface area contributed by atoms with E-state index in [4.69, 9.17) is 5.14 Å². The van der Waals surface area contributed by atoms with E-state index in [9.17, 15) is 10.1 Å². The van der Waals surface area contributed by atoms with Crippen molar-refractivity contribution in [1.82, 2.24) is 0 Å².